The first kappa shape index (κ1) is 23.9. The number of amides is 1. The second-order valence-corrected chi connectivity index (χ2v) is 9.29. The average Bonchev–Trinajstić information content (AvgIpc) is 3.14. The highest BCUT2D eigenvalue weighted by atomic mass is 32.2. The van der Waals surface area contributed by atoms with Crippen molar-refractivity contribution in [3.63, 3.8) is 0 Å². The largest absolute Gasteiger partial charge is 0.486 e. The topological polar surface area (TPSA) is 69.0 Å². The number of nitrogens with zero attached hydrogens (tertiary/aromatic N) is 3. The summed E-state index contributed by atoms with van der Waals surface area (Å²) in [5.74, 6) is 2.19. The molecule has 7 heteroatoms. The standard InChI is InChI=1S/C25H32N4O2S/c1-6-20-8-10-21(11-9-20)31-15-23-27-28-25(29(23)14-17(2)3)32-16-24(30)26-22-12-7-18(4)13-19(22)5/h7-13,17H,6,14-16H2,1-5H3,(H,26,30). The van der Waals surface area contributed by atoms with Gasteiger partial charge >= 0.3 is 0 Å². The van der Waals surface area contributed by atoms with Gasteiger partial charge in [0.15, 0.2) is 11.0 Å². The summed E-state index contributed by atoms with van der Waals surface area (Å²) >= 11 is 1.39. The van der Waals surface area contributed by atoms with E-state index in [0.29, 0.717) is 12.5 Å². The van der Waals surface area contributed by atoms with Crippen molar-refractivity contribution in [3.05, 3.63) is 65.0 Å². The molecule has 0 aliphatic carbocycles. The van der Waals surface area contributed by atoms with Crippen LogP contribution in [0.25, 0.3) is 0 Å². The van der Waals surface area contributed by atoms with Gasteiger partial charge in [-0.1, -0.05) is 62.4 Å². The monoisotopic (exact) mass is 452 g/mol. The lowest BCUT2D eigenvalue weighted by Gasteiger charge is -2.13. The average molecular weight is 453 g/mol. The van der Waals surface area contributed by atoms with Gasteiger partial charge in [0, 0.05) is 12.2 Å². The zero-order valence-electron chi connectivity index (χ0n) is 19.5. The minimum absolute atomic E-state index is 0.0603. The fraction of sp³-hybridized carbons (Fsp3) is 0.400. The van der Waals surface area contributed by atoms with Crippen LogP contribution < -0.4 is 10.1 Å². The molecule has 1 N–H and O–H groups in total. The molecule has 3 rings (SSSR count). The summed E-state index contributed by atoms with van der Waals surface area (Å²) in [6, 6.07) is 14.1. The number of ether oxygens (including phenoxy) is 1. The molecule has 6 nitrogen and oxygen atoms in total. The number of aromatic nitrogens is 3. The summed E-state index contributed by atoms with van der Waals surface area (Å²) in [6.07, 6.45) is 1.00. The Morgan fingerprint density at radius 3 is 2.53 bits per heavy atom. The van der Waals surface area contributed by atoms with Gasteiger partial charge in [0.05, 0.1) is 5.75 Å². The van der Waals surface area contributed by atoms with Gasteiger partial charge in [-0.3, -0.25) is 4.79 Å². The molecular formula is C25H32N4O2S. The van der Waals surface area contributed by atoms with Crippen LogP contribution in [0.1, 0.15) is 43.3 Å². The number of hydrogen-bond donors (Lipinski definition) is 1. The van der Waals surface area contributed by atoms with Crippen molar-refractivity contribution in [1.82, 2.24) is 14.8 Å². The normalized spacial score (nSPS) is 11.1. The Hall–Kier alpha value is -2.80. The molecule has 0 radical (unpaired) electrons. The van der Waals surface area contributed by atoms with Crippen LogP contribution in [-0.4, -0.2) is 26.4 Å². The second-order valence-electron chi connectivity index (χ2n) is 8.34. The fourth-order valence-corrected chi connectivity index (χ4v) is 4.09. The number of carbonyl (C=O) groups excluding carboxylic acids is 1. The zero-order chi connectivity index (χ0) is 23.1. The van der Waals surface area contributed by atoms with Crippen molar-refractivity contribution in [2.24, 2.45) is 5.92 Å². The number of rotatable bonds is 10. The molecule has 1 amide bonds. The summed E-state index contributed by atoms with van der Waals surface area (Å²) in [7, 11) is 0. The second kappa shape index (κ2) is 11.2. The van der Waals surface area contributed by atoms with Gasteiger partial charge in [0.1, 0.15) is 12.4 Å². The van der Waals surface area contributed by atoms with Gasteiger partial charge in [-0.15, -0.1) is 10.2 Å². The number of aryl methyl sites for hydroxylation is 3. The first-order valence-electron chi connectivity index (χ1n) is 11.0. The Labute approximate surface area is 194 Å². The predicted molar refractivity (Wildman–Crippen MR) is 130 cm³/mol. The van der Waals surface area contributed by atoms with Crippen LogP contribution in [0.3, 0.4) is 0 Å². The van der Waals surface area contributed by atoms with Gasteiger partial charge in [-0.2, -0.15) is 0 Å². The summed E-state index contributed by atoms with van der Waals surface area (Å²) in [4.78, 5) is 12.5. The van der Waals surface area contributed by atoms with Crippen molar-refractivity contribution < 1.29 is 9.53 Å². The van der Waals surface area contributed by atoms with Crippen molar-refractivity contribution in [3.8, 4) is 5.75 Å². The lowest BCUT2D eigenvalue weighted by Crippen LogP contribution is -2.16. The lowest BCUT2D eigenvalue weighted by molar-refractivity contribution is -0.113. The Morgan fingerprint density at radius 1 is 1.12 bits per heavy atom. The van der Waals surface area contributed by atoms with E-state index in [1.165, 1.54) is 22.9 Å². The number of benzene rings is 2. The van der Waals surface area contributed by atoms with E-state index in [4.69, 9.17) is 4.74 Å². The van der Waals surface area contributed by atoms with Crippen LogP contribution >= 0.6 is 11.8 Å². The van der Waals surface area contributed by atoms with Crippen molar-refractivity contribution in [2.75, 3.05) is 11.1 Å². The molecular weight excluding hydrogens is 420 g/mol. The SMILES string of the molecule is CCc1ccc(OCc2nnc(SCC(=O)Nc3ccc(C)cc3C)n2CC(C)C)cc1. The van der Waals surface area contributed by atoms with Gasteiger partial charge in [0.2, 0.25) is 5.91 Å². The van der Waals surface area contributed by atoms with Crippen molar-refractivity contribution in [2.45, 2.75) is 59.3 Å². The Bertz CT molecular complexity index is 1040. The van der Waals surface area contributed by atoms with Crippen molar-refractivity contribution in [1.29, 1.82) is 0 Å². The number of nitrogens with one attached hydrogen (secondary N) is 1. The van der Waals surface area contributed by atoms with Crippen LogP contribution in [0.4, 0.5) is 5.69 Å². The molecule has 0 aliphatic heterocycles. The highest BCUT2D eigenvalue weighted by Crippen LogP contribution is 2.22. The molecule has 1 aromatic heterocycles. The Kier molecular flexibility index (Phi) is 8.33. The Balaban J connectivity index is 1.63. The molecule has 32 heavy (non-hydrogen) atoms. The molecule has 0 atom stereocenters. The number of anilines is 1. The molecule has 0 spiro atoms. The van der Waals surface area contributed by atoms with Gasteiger partial charge in [-0.25, -0.2) is 0 Å². The first-order valence-corrected chi connectivity index (χ1v) is 12.0. The third-order valence-corrected chi connectivity index (χ3v) is 6.00. The maximum absolute atomic E-state index is 12.5. The van der Waals surface area contributed by atoms with E-state index >= 15 is 0 Å². The van der Waals surface area contributed by atoms with E-state index < -0.39 is 0 Å². The predicted octanol–water partition coefficient (Wildman–Crippen LogP) is 5.42. The Morgan fingerprint density at radius 2 is 1.88 bits per heavy atom. The zero-order valence-corrected chi connectivity index (χ0v) is 20.3. The third-order valence-electron chi connectivity index (χ3n) is 5.03. The van der Waals surface area contributed by atoms with E-state index in [1.54, 1.807) is 0 Å². The van der Waals surface area contributed by atoms with Gasteiger partial charge in [0.25, 0.3) is 0 Å². The maximum Gasteiger partial charge on any atom is 0.234 e. The molecule has 1 heterocycles. The van der Waals surface area contributed by atoms with E-state index in [-0.39, 0.29) is 11.7 Å². The summed E-state index contributed by atoms with van der Waals surface area (Å²) in [5.41, 5.74) is 4.34. The highest BCUT2D eigenvalue weighted by molar-refractivity contribution is 7.99. The quantitative estimate of drug-likeness (QED) is 0.416. The van der Waals surface area contributed by atoms with Crippen LogP contribution in [0.15, 0.2) is 47.6 Å². The molecule has 0 aliphatic rings. The molecule has 0 fully saturated rings. The van der Waals surface area contributed by atoms with Crippen LogP contribution in [0.2, 0.25) is 0 Å². The minimum Gasteiger partial charge on any atom is -0.486 e. The molecule has 0 bridgehead atoms. The summed E-state index contributed by atoms with van der Waals surface area (Å²) in [5, 5.41) is 12.4. The highest BCUT2D eigenvalue weighted by Gasteiger charge is 2.16. The molecule has 2 aromatic carbocycles. The summed E-state index contributed by atoms with van der Waals surface area (Å²) in [6.45, 7) is 11.6. The number of hydrogen-bond acceptors (Lipinski definition) is 5. The first-order chi connectivity index (χ1) is 15.4. The molecule has 0 saturated heterocycles. The molecule has 0 unspecified atom stereocenters. The lowest BCUT2D eigenvalue weighted by atomic mass is 10.1. The third kappa shape index (κ3) is 6.60. The molecule has 0 saturated carbocycles. The maximum atomic E-state index is 12.5. The fourth-order valence-electron chi connectivity index (χ4n) is 3.32. The van der Waals surface area contributed by atoms with Crippen molar-refractivity contribution >= 4 is 23.4 Å². The summed E-state index contributed by atoms with van der Waals surface area (Å²) < 4.78 is 8.00. The number of thioether (sulfide) groups is 1. The molecule has 170 valence electrons. The van der Waals surface area contributed by atoms with Gasteiger partial charge in [-0.05, 0) is 55.5 Å². The van der Waals surface area contributed by atoms with E-state index in [1.807, 2.05) is 38.1 Å². The molecule has 3 aromatic rings. The van der Waals surface area contributed by atoms with Crippen LogP contribution in [0.5, 0.6) is 5.75 Å². The van der Waals surface area contributed by atoms with E-state index in [2.05, 4.69) is 59.1 Å². The van der Waals surface area contributed by atoms with E-state index in [9.17, 15) is 4.79 Å². The van der Waals surface area contributed by atoms with Gasteiger partial charge < -0.3 is 14.6 Å². The van der Waals surface area contributed by atoms with E-state index in [0.717, 1.165) is 40.9 Å². The number of carbonyl (C=O) groups is 1. The minimum atomic E-state index is -0.0603. The van der Waals surface area contributed by atoms with Crippen LogP contribution in [-0.2, 0) is 24.4 Å². The smallest absolute Gasteiger partial charge is 0.234 e. The van der Waals surface area contributed by atoms with Crippen LogP contribution in [0, 0.1) is 19.8 Å².